The van der Waals surface area contributed by atoms with Gasteiger partial charge in [0.25, 0.3) is 0 Å². The molecule has 0 spiro atoms. The van der Waals surface area contributed by atoms with Crippen LogP contribution in [0.4, 0.5) is 5.69 Å². The van der Waals surface area contributed by atoms with E-state index in [2.05, 4.69) is 4.99 Å². The Morgan fingerprint density at radius 3 is 2.22 bits per heavy atom. The summed E-state index contributed by atoms with van der Waals surface area (Å²) < 4.78 is 15.6. The maximum Gasteiger partial charge on any atom is 0.162 e. The Balaban J connectivity index is 2.13. The molecule has 0 aromatic heterocycles. The van der Waals surface area contributed by atoms with E-state index in [0.717, 1.165) is 11.3 Å². The SMILES string of the molecule is COc1ccc(/C=C/C(N)=Nc2ccc(OC)c(OC)c2)cc1. The molecule has 0 heterocycles. The van der Waals surface area contributed by atoms with E-state index in [-0.39, 0.29) is 0 Å². The van der Waals surface area contributed by atoms with Crippen LogP contribution in [0.2, 0.25) is 0 Å². The number of benzene rings is 2. The molecule has 120 valence electrons. The zero-order valence-electron chi connectivity index (χ0n) is 13.4. The van der Waals surface area contributed by atoms with Gasteiger partial charge in [-0.25, -0.2) is 4.99 Å². The van der Waals surface area contributed by atoms with E-state index >= 15 is 0 Å². The lowest BCUT2D eigenvalue weighted by Gasteiger charge is -2.07. The summed E-state index contributed by atoms with van der Waals surface area (Å²) in [5.74, 6) is 2.47. The predicted molar refractivity (Wildman–Crippen MR) is 92.9 cm³/mol. The molecule has 0 atom stereocenters. The predicted octanol–water partition coefficient (Wildman–Crippen LogP) is 3.41. The molecule has 0 radical (unpaired) electrons. The van der Waals surface area contributed by atoms with E-state index in [1.807, 2.05) is 36.4 Å². The van der Waals surface area contributed by atoms with Gasteiger partial charge in [0.2, 0.25) is 0 Å². The molecule has 2 N–H and O–H groups in total. The Morgan fingerprint density at radius 1 is 0.913 bits per heavy atom. The molecular weight excluding hydrogens is 292 g/mol. The van der Waals surface area contributed by atoms with Gasteiger partial charge in [0.05, 0.1) is 27.0 Å². The first kappa shape index (κ1) is 16.4. The monoisotopic (exact) mass is 312 g/mol. The quantitative estimate of drug-likeness (QED) is 0.655. The van der Waals surface area contributed by atoms with Gasteiger partial charge in [-0.1, -0.05) is 18.2 Å². The second kappa shape index (κ2) is 7.89. The van der Waals surface area contributed by atoms with E-state index in [0.29, 0.717) is 23.0 Å². The lowest BCUT2D eigenvalue weighted by Crippen LogP contribution is -2.06. The van der Waals surface area contributed by atoms with Crippen molar-refractivity contribution < 1.29 is 14.2 Å². The lowest BCUT2D eigenvalue weighted by atomic mass is 10.2. The van der Waals surface area contributed by atoms with E-state index in [1.54, 1.807) is 39.5 Å². The number of aliphatic imine (C=N–C) groups is 1. The number of hydrogen-bond donors (Lipinski definition) is 1. The number of nitrogens with two attached hydrogens (primary N) is 1. The number of nitrogens with zero attached hydrogens (tertiary/aromatic N) is 1. The summed E-state index contributed by atoms with van der Waals surface area (Å²) in [4.78, 5) is 4.34. The van der Waals surface area contributed by atoms with Gasteiger partial charge >= 0.3 is 0 Å². The van der Waals surface area contributed by atoms with Crippen molar-refractivity contribution in [2.24, 2.45) is 10.7 Å². The van der Waals surface area contributed by atoms with Crippen LogP contribution in [0.15, 0.2) is 53.5 Å². The molecule has 0 amide bonds. The first-order valence-corrected chi connectivity index (χ1v) is 7.04. The first-order chi connectivity index (χ1) is 11.2. The molecule has 0 saturated carbocycles. The fraction of sp³-hybridized carbons (Fsp3) is 0.167. The summed E-state index contributed by atoms with van der Waals surface area (Å²) >= 11 is 0. The molecule has 5 heteroatoms. The Hall–Kier alpha value is -2.95. The van der Waals surface area contributed by atoms with E-state index < -0.39 is 0 Å². The van der Waals surface area contributed by atoms with Gasteiger partial charge in [-0.05, 0) is 35.9 Å². The average Bonchev–Trinajstić information content (AvgIpc) is 2.60. The van der Waals surface area contributed by atoms with Crippen LogP contribution >= 0.6 is 0 Å². The molecule has 2 rings (SSSR count). The van der Waals surface area contributed by atoms with Crippen molar-refractivity contribution in [2.75, 3.05) is 21.3 Å². The minimum absolute atomic E-state index is 0.396. The molecule has 0 aliphatic heterocycles. The molecular formula is C18H20N2O3. The van der Waals surface area contributed by atoms with Crippen LogP contribution in [0.5, 0.6) is 17.2 Å². The van der Waals surface area contributed by atoms with Crippen LogP contribution in [0.25, 0.3) is 6.08 Å². The van der Waals surface area contributed by atoms with Gasteiger partial charge in [0.15, 0.2) is 11.5 Å². The van der Waals surface area contributed by atoms with Crippen molar-refractivity contribution in [1.29, 1.82) is 0 Å². The second-order valence-electron chi connectivity index (χ2n) is 4.68. The fourth-order valence-corrected chi connectivity index (χ4v) is 1.98. The van der Waals surface area contributed by atoms with Crippen molar-refractivity contribution in [2.45, 2.75) is 0 Å². The van der Waals surface area contributed by atoms with Gasteiger partial charge in [0, 0.05) is 6.07 Å². The van der Waals surface area contributed by atoms with Crippen LogP contribution in [-0.2, 0) is 0 Å². The number of rotatable bonds is 6. The van der Waals surface area contributed by atoms with Crippen molar-refractivity contribution in [3.05, 3.63) is 54.1 Å². The topological polar surface area (TPSA) is 66.1 Å². The lowest BCUT2D eigenvalue weighted by molar-refractivity contribution is 0.355. The highest BCUT2D eigenvalue weighted by atomic mass is 16.5. The van der Waals surface area contributed by atoms with E-state index in [1.165, 1.54) is 0 Å². The average molecular weight is 312 g/mol. The third kappa shape index (κ3) is 4.51. The molecule has 0 bridgehead atoms. The Bertz CT molecular complexity index is 707. The summed E-state index contributed by atoms with van der Waals surface area (Å²) in [6.45, 7) is 0. The minimum atomic E-state index is 0.396. The first-order valence-electron chi connectivity index (χ1n) is 7.04. The standard InChI is InChI=1S/C18H20N2O3/c1-21-15-8-4-13(5-9-15)6-11-18(19)20-14-7-10-16(22-2)17(12-14)23-3/h4-12H,1-3H3,(H2,19,20)/b11-6+. The van der Waals surface area contributed by atoms with Gasteiger partial charge in [-0.15, -0.1) is 0 Å². The highest BCUT2D eigenvalue weighted by molar-refractivity contribution is 5.96. The molecule has 0 aliphatic carbocycles. The van der Waals surface area contributed by atoms with Crippen LogP contribution in [0, 0.1) is 0 Å². The maximum absolute atomic E-state index is 5.94. The number of ether oxygens (including phenoxy) is 3. The largest absolute Gasteiger partial charge is 0.497 e. The third-order valence-corrected chi connectivity index (χ3v) is 3.19. The van der Waals surface area contributed by atoms with Gasteiger partial charge in [-0.2, -0.15) is 0 Å². The summed E-state index contributed by atoms with van der Waals surface area (Å²) in [6, 6.07) is 13.0. The molecule has 0 saturated heterocycles. The molecule has 5 nitrogen and oxygen atoms in total. The van der Waals surface area contributed by atoms with E-state index in [9.17, 15) is 0 Å². The molecule has 0 unspecified atom stereocenters. The molecule has 0 aliphatic rings. The number of methoxy groups -OCH3 is 3. The highest BCUT2D eigenvalue weighted by Gasteiger charge is 2.03. The third-order valence-electron chi connectivity index (χ3n) is 3.19. The van der Waals surface area contributed by atoms with Gasteiger partial charge in [-0.3, -0.25) is 0 Å². The number of amidine groups is 1. The summed E-state index contributed by atoms with van der Waals surface area (Å²) in [6.07, 6.45) is 3.64. The Kier molecular flexibility index (Phi) is 5.63. The maximum atomic E-state index is 5.94. The van der Waals surface area contributed by atoms with Crippen LogP contribution in [-0.4, -0.2) is 27.2 Å². The zero-order valence-corrected chi connectivity index (χ0v) is 13.4. The molecule has 2 aromatic rings. The summed E-state index contributed by atoms with van der Waals surface area (Å²) in [7, 11) is 4.81. The van der Waals surface area contributed by atoms with Crippen molar-refractivity contribution >= 4 is 17.6 Å². The molecule has 0 fully saturated rings. The van der Waals surface area contributed by atoms with Gasteiger partial charge in [0.1, 0.15) is 11.6 Å². The minimum Gasteiger partial charge on any atom is -0.497 e. The fourth-order valence-electron chi connectivity index (χ4n) is 1.98. The Labute approximate surface area is 136 Å². The van der Waals surface area contributed by atoms with Crippen LogP contribution < -0.4 is 19.9 Å². The van der Waals surface area contributed by atoms with Crippen molar-refractivity contribution in [3.63, 3.8) is 0 Å². The Morgan fingerprint density at radius 2 is 1.61 bits per heavy atom. The van der Waals surface area contributed by atoms with Crippen LogP contribution in [0.1, 0.15) is 5.56 Å². The smallest absolute Gasteiger partial charge is 0.162 e. The van der Waals surface area contributed by atoms with E-state index in [4.69, 9.17) is 19.9 Å². The normalized spacial score (nSPS) is 11.5. The van der Waals surface area contributed by atoms with Crippen molar-refractivity contribution in [1.82, 2.24) is 0 Å². The highest BCUT2D eigenvalue weighted by Crippen LogP contribution is 2.31. The second-order valence-corrected chi connectivity index (χ2v) is 4.68. The summed E-state index contributed by atoms with van der Waals surface area (Å²) in [5.41, 5.74) is 7.64. The molecule has 2 aromatic carbocycles. The summed E-state index contributed by atoms with van der Waals surface area (Å²) in [5, 5.41) is 0. The molecule has 23 heavy (non-hydrogen) atoms. The number of hydrogen-bond acceptors (Lipinski definition) is 4. The van der Waals surface area contributed by atoms with Gasteiger partial charge < -0.3 is 19.9 Å². The van der Waals surface area contributed by atoms with Crippen LogP contribution in [0.3, 0.4) is 0 Å². The zero-order chi connectivity index (χ0) is 16.7. The van der Waals surface area contributed by atoms with Crippen molar-refractivity contribution in [3.8, 4) is 17.2 Å².